The Balaban J connectivity index is 1.65. The van der Waals surface area contributed by atoms with Crippen molar-refractivity contribution in [1.82, 2.24) is 0 Å². The summed E-state index contributed by atoms with van der Waals surface area (Å²) < 4.78 is 0. The zero-order valence-corrected chi connectivity index (χ0v) is 19.1. The largest absolute Gasteiger partial charge is 0.358 e. The third-order valence-electron chi connectivity index (χ3n) is 7.22. The van der Waals surface area contributed by atoms with Crippen LogP contribution in [0.1, 0.15) is 49.4 Å². The number of thioether (sulfide) groups is 1. The van der Waals surface area contributed by atoms with Crippen LogP contribution in [-0.4, -0.2) is 11.4 Å². The summed E-state index contributed by atoms with van der Waals surface area (Å²) >= 11 is 1.66. The van der Waals surface area contributed by atoms with Crippen molar-refractivity contribution < 1.29 is 4.79 Å². The molecule has 3 aliphatic rings. The van der Waals surface area contributed by atoms with Gasteiger partial charge in [0.05, 0.1) is 5.69 Å². The number of nitrogens with zero attached hydrogens (tertiary/aromatic N) is 1. The lowest BCUT2D eigenvalue weighted by molar-refractivity contribution is -0.120. The molecule has 0 aromatic heterocycles. The van der Waals surface area contributed by atoms with Crippen molar-refractivity contribution in [2.24, 2.45) is 0 Å². The smallest absolute Gasteiger partial charge is 0.268 e. The predicted molar refractivity (Wildman–Crippen MR) is 128 cm³/mol. The highest BCUT2D eigenvalue weighted by Crippen LogP contribution is 2.63. The van der Waals surface area contributed by atoms with Crippen LogP contribution in [0, 0.1) is 6.92 Å². The van der Waals surface area contributed by atoms with Crippen molar-refractivity contribution in [3.8, 4) is 0 Å². The minimum atomic E-state index is -0.793. The van der Waals surface area contributed by atoms with E-state index in [-0.39, 0.29) is 16.9 Å². The second-order valence-electron chi connectivity index (χ2n) is 9.94. The van der Waals surface area contributed by atoms with Gasteiger partial charge < -0.3 is 10.2 Å². The van der Waals surface area contributed by atoms with Crippen molar-refractivity contribution in [1.29, 1.82) is 0 Å². The highest BCUT2D eigenvalue weighted by Gasteiger charge is 2.62. The minimum absolute atomic E-state index is 0.149. The van der Waals surface area contributed by atoms with Crippen LogP contribution >= 0.6 is 11.8 Å². The Bertz CT molecular complexity index is 1220. The van der Waals surface area contributed by atoms with Crippen LogP contribution in [0.4, 0.5) is 11.4 Å². The van der Waals surface area contributed by atoms with Gasteiger partial charge in [-0.05, 0) is 50.5 Å². The second-order valence-corrected chi connectivity index (χ2v) is 11.2. The van der Waals surface area contributed by atoms with Gasteiger partial charge in [-0.3, -0.25) is 4.79 Å². The number of hydrogen-bond acceptors (Lipinski definition) is 3. The van der Waals surface area contributed by atoms with Crippen LogP contribution in [0.2, 0.25) is 0 Å². The summed E-state index contributed by atoms with van der Waals surface area (Å²) in [7, 11) is 0. The third-order valence-corrected chi connectivity index (χ3v) is 8.60. The fourth-order valence-corrected chi connectivity index (χ4v) is 7.33. The monoisotopic (exact) mass is 426 g/mol. The summed E-state index contributed by atoms with van der Waals surface area (Å²) in [5.41, 5.74) is 6.53. The molecular formula is C27H26N2OS. The first-order valence-electron chi connectivity index (χ1n) is 10.9. The summed E-state index contributed by atoms with van der Waals surface area (Å²) in [4.78, 5) is 16.6. The average molecular weight is 427 g/mol. The molecule has 0 saturated heterocycles. The van der Waals surface area contributed by atoms with Gasteiger partial charge in [0.2, 0.25) is 0 Å². The number of fused-ring (bicyclic) bond motifs is 2. The summed E-state index contributed by atoms with van der Waals surface area (Å²) in [6.07, 6.45) is 0.874. The highest BCUT2D eigenvalue weighted by molar-refractivity contribution is 8.01. The van der Waals surface area contributed by atoms with Crippen molar-refractivity contribution in [3.05, 3.63) is 89.0 Å². The SMILES string of the molecule is Cc1cc2c3c(c1)[C@@]1(Nc4ccccc4S1)C(=O)N3C(C)(C)C[C@@]2(C)c1ccccc1. The molecule has 156 valence electrons. The van der Waals surface area contributed by atoms with Gasteiger partial charge in [0.25, 0.3) is 5.91 Å². The van der Waals surface area contributed by atoms with E-state index in [4.69, 9.17) is 0 Å². The molecule has 0 unspecified atom stereocenters. The maximum atomic E-state index is 14.2. The van der Waals surface area contributed by atoms with Crippen LogP contribution < -0.4 is 10.2 Å². The molecule has 3 aromatic carbocycles. The molecule has 2 atom stereocenters. The van der Waals surface area contributed by atoms with Crippen LogP contribution in [-0.2, 0) is 15.1 Å². The maximum absolute atomic E-state index is 14.2. The number of para-hydroxylation sites is 1. The van der Waals surface area contributed by atoms with Crippen molar-refractivity contribution >= 4 is 29.0 Å². The first-order valence-corrected chi connectivity index (χ1v) is 11.7. The zero-order valence-electron chi connectivity index (χ0n) is 18.3. The zero-order chi connectivity index (χ0) is 21.6. The van der Waals surface area contributed by atoms with E-state index in [9.17, 15) is 4.79 Å². The fourth-order valence-electron chi connectivity index (χ4n) is 6.02. The summed E-state index contributed by atoms with van der Waals surface area (Å²) in [5.74, 6) is 0.149. The molecule has 3 heterocycles. The second kappa shape index (κ2) is 5.95. The Morgan fingerprint density at radius 1 is 0.935 bits per heavy atom. The first kappa shape index (κ1) is 19.0. The molecule has 1 N–H and O–H groups in total. The van der Waals surface area contributed by atoms with Gasteiger partial charge in [0.15, 0.2) is 4.87 Å². The topological polar surface area (TPSA) is 32.3 Å². The van der Waals surface area contributed by atoms with Crippen LogP contribution in [0.15, 0.2) is 71.6 Å². The van der Waals surface area contributed by atoms with E-state index < -0.39 is 4.87 Å². The van der Waals surface area contributed by atoms with Crippen LogP contribution in [0.5, 0.6) is 0 Å². The van der Waals surface area contributed by atoms with Gasteiger partial charge >= 0.3 is 0 Å². The molecule has 0 aliphatic carbocycles. The molecule has 0 bridgehead atoms. The van der Waals surface area contributed by atoms with Gasteiger partial charge in [-0.15, -0.1) is 0 Å². The van der Waals surface area contributed by atoms with Gasteiger partial charge in [-0.25, -0.2) is 0 Å². The Labute approximate surface area is 187 Å². The average Bonchev–Trinajstić information content (AvgIpc) is 3.24. The molecule has 1 spiro atoms. The van der Waals surface area contributed by atoms with Gasteiger partial charge in [-0.1, -0.05) is 78.8 Å². The number of benzene rings is 3. The van der Waals surface area contributed by atoms with Crippen molar-refractivity contribution in [2.75, 3.05) is 10.2 Å². The molecule has 0 fully saturated rings. The molecule has 3 aliphatic heterocycles. The Morgan fingerprint density at radius 3 is 2.35 bits per heavy atom. The van der Waals surface area contributed by atoms with Crippen LogP contribution in [0.25, 0.3) is 0 Å². The number of anilines is 2. The van der Waals surface area contributed by atoms with Crippen LogP contribution in [0.3, 0.4) is 0 Å². The van der Waals surface area contributed by atoms with E-state index in [1.54, 1.807) is 11.8 Å². The number of hydrogen-bond donors (Lipinski definition) is 1. The van der Waals surface area contributed by atoms with E-state index in [1.807, 2.05) is 12.1 Å². The number of aryl methyl sites for hydroxylation is 1. The Kier molecular flexibility index (Phi) is 3.65. The predicted octanol–water partition coefficient (Wildman–Crippen LogP) is 6.20. The number of rotatable bonds is 1. The standard InChI is InChI=1S/C27H26N2OS/c1-17-14-19-23-20(15-17)27(28-21-12-8-9-13-22(21)31-27)24(30)29(23)25(2,3)16-26(19,4)18-10-6-5-7-11-18/h5-15,28H,16H2,1-4H3/t26-,27-/m0/s1. The van der Waals surface area contributed by atoms with E-state index in [2.05, 4.69) is 92.5 Å². The Morgan fingerprint density at radius 2 is 1.61 bits per heavy atom. The lowest BCUT2D eigenvalue weighted by Gasteiger charge is -2.50. The normalized spacial score (nSPS) is 27.2. The number of carbonyl (C=O) groups is 1. The van der Waals surface area contributed by atoms with E-state index in [0.29, 0.717) is 0 Å². The van der Waals surface area contributed by atoms with E-state index in [0.717, 1.165) is 28.3 Å². The maximum Gasteiger partial charge on any atom is 0.268 e. The molecule has 3 aromatic rings. The lowest BCUT2D eigenvalue weighted by Crippen LogP contribution is -2.56. The van der Waals surface area contributed by atoms with E-state index >= 15 is 0 Å². The fraction of sp³-hybridized carbons (Fsp3) is 0.296. The van der Waals surface area contributed by atoms with E-state index in [1.165, 1.54) is 16.7 Å². The number of amides is 1. The molecule has 6 rings (SSSR count). The molecule has 1 amide bonds. The summed E-state index contributed by atoms with van der Waals surface area (Å²) in [6.45, 7) is 8.92. The minimum Gasteiger partial charge on any atom is -0.358 e. The molecule has 4 heteroatoms. The van der Waals surface area contributed by atoms with Gasteiger partial charge in [-0.2, -0.15) is 0 Å². The first-order chi connectivity index (χ1) is 14.8. The molecule has 0 saturated carbocycles. The third kappa shape index (κ3) is 2.34. The summed E-state index contributed by atoms with van der Waals surface area (Å²) in [6, 6.07) is 23.5. The van der Waals surface area contributed by atoms with Gasteiger partial charge in [0, 0.05) is 27.1 Å². The number of nitrogens with one attached hydrogen (secondary N) is 1. The number of carbonyl (C=O) groups excluding carboxylic acids is 1. The molecule has 3 nitrogen and oxygen atoms in total. The molecule has 0 radical (unpaired) electrons. The lowest BCUT2D eigenvalue weighted by atomic mass is 9.65. The molecule has 31 heavy (non-hydrogen) atoms. The van der Waals surface area contributed by atoms with Crippen molar-refractivity contribution in [3.63, 3.8) is 0 Å². The Hall–Kier alpha value is -2.72. The van der Waals surface area contributed by atoms with Gasteiger partial charge in [0.1, 0.15) is 0 Å². The molecular weight excluding hydrogens is 400 g/mol. The highest BCUT2D eigenvalue weighted by atomic mass is 32.2. The quantitative estimate of drug-likeness (QED) is 0.503. The van der Waals surface area contributed by atoms with Crippen molar-refractivity contribution in [2.45, 2.75) is 54.8 Å². The summed E-state index contributed by atoms with van der Waals surface area (Å²) in [5, 5.41) is 3.64.